The summed E-state index contributed by atoms with van der Waals surface area (Å²) in [4.78, 5) is 4.49. The Kier molecular flexibility index (Phi) is 3.83. The van der Waals surface area contributed by atoms with Gasteiger partial charge in [0.05, 0.1) is 4.90 Å². The summed E-state index contributed by atoms with van der Waals surface area (Å²) in [6.45, 7) is 2.28. The fraction of sp³-hybridized carbons (Fsp3) is 0.471. The van der Waals surface area contributed by atoms with Crippen LogP contribution >= 0.6 is 0 Å². The van der Waals surface area contributed by atoms with Crippen LogP contribution in [0, 0.1) is 5.92 Å². The molecule has 2 aliphatic heterocycles. The van der Waals surface area contributed by atoms with Gasteiger partial charge in [0.1, 0.15) is 0 Å². The van der Waals surface area contributed by atoms with E-state index < -0.39 is 10.0 Å². The summed E-state index contributed by atoms with van der Waals surface area (Å²) < 4.78 is 28.0. The first-order valence-electron chi connectivity index (χ1n) is 8.22. The molecule has 0 aliphatic carbocycles. The maximum atomic E-state index is 13.2. The Bertz CT molecular complexity index is 816. The molecule has 2 aromatic rings. The minimum Gasteiger partial charge on any atom is -0.314 e. The number of benzene rings is 1. The highest BCUT2D eigenvalue weighted by Gasteiger charge is 2.36. The third-order valence-electron chi connectivity index (χ3n) is 5.11. The molecule has 0 radical (unpaired) electrons. The Morgan fingerprint density at radius 1 is 1.22 bits per heavy atom. The number of hydrogen-bond acceptors (Lipinski definition) is 4. The highest BCUT2D eigenvalue weighted by Crippen LogP contribution is 2.31. The third kappa shape index (κ3) is 2.65. The van der Waals surface area contributed by atoms with Crippen molar-refractivity contribution in [2.45, 2.75) is 30.2 Å². The van der Waals surface area contributed by atoms with Gasteiger partial charge in [-0.25, -0.2) is 8.42 Å². The molecule has 1 aromatic heterocycles. The van der Waals surface area contributed by atoms with Crippen LogP contribution in [-0.4, -0.2) is 43.4 Å². The zero-order chi connectivity index (χ0) is 15.9. The summed E-state index contributed by atoms with van der Waals surface area (Å²) in [7, 11) is -3.46. The zero-order valence-corrected chi connectivity index (χ0v) is 13.8. The minimum absolute atomic E-state index is 0.402. The van der Waals surface area contributed by atoms with Gasteiger partial charge < -0.3 is 5.32 Å². The second kappa shape index (κ2) is 5.85. The van der Waals surface area contributed by atoms with Crippen molar-refractivity contribution in [2.24, 2.45) is 5.92 Å². The predicted octanol–water partition coefficient (Wildman–Crippen LogP) is 2.00. The number of pyridine rings is 1. The maximum Gasteiger partial charge on any atom is 0.243 e. The van der Waals surface area contributed by atoms with Gasteiger partial charge in [-0.3, -0.25) is 4.98 Å². The van der Waals surface area contributed by atoms with Crippen LogP contribution in [-0.2, 0) is 10.0 Å². The smallest absolute Gasteiger partial charge is 0.243 e. The summed E-state index contributed by atoms with van der Waals surface area (Å²) in [5.41, 5.74) is 0. The first kappa shape index (κ1) is 15.1. The molecule has 23 heavy (non-hydrogen) atoms. The van der Waals surface area contributed by atoms with Crippen LogP contribution < -0.4 is 5.32 Å². The van der Waals surface area contributed by atoms with E-state index in [1.807, 2.05) is 6.07 Å². The molecule has 0 amide bonds. The number of nitrogens with one attached hydrogen (secondary N) is 1. The number of hydrogen-bond donors (Lipinski definition) is 1. The molecule has 4 rings (SSSR count). The monoisotopic (exact) mass is 331 g/mol. The number of fused-ring (bicyclic) bond motifs is 2. The van der Waals surface area contributed by atoms with Gasteiger partial charge in [-0.15, -0.1) is 0 Å². The van der Waals surface area contributed by atoms with E-state index in [1.54, 1.807) is 34.9 Å². The van der Waals surface area contributed by atoms with E-state index >= 15 is 0 Å². The topological polar surface area (TPSA) is 62.3 Å². The molecule has 2 saturated heterocycles. The molecular weight excluding hydrogens is 310 g/mol. The summed E-state index contributed by atoms with van der Waals surface area (Å²) in [5, 5.41) is 5.15. The van der Waals surface area contributed by atoms with Crippen molar-refractivity contribution in [3.63, 3.8) is 0 Å². The van der Waals surface area contributed by atoms with Crippen molar-refractivity contribution in [3.05, 3.63) is 36.7 Å². The molecule has 5 nitrogen and oxygen atoms in total. The maximum absolute atomic E-state index is 13.2. The Labute approximate surface area is 136 Å². The molecule has 6 heteroatoms. The third-order valence-corrected chi connectivity index (χ3v) is 7.04. The van der Waals surface area contributed by atoms with Gasteiger partial charge >= 0.3 is 0 Å². The minimum atomic E-state index is -3.46. The molecular formula is C17H21N3O2S. The van der Waals surface area contributed by atoms with E-state index in [4.69, 9.17) is 0 Å². The van der Waals surface area contributed by atoms with Crippen LogP contribution in [0.25, 0.3) is 10.8 Å². The van der Waals surface area contributed by atoms with Crippen molar-refractivity contribution in [2.75, 3.05) is 19.6 Å². The van der Waals surface area contributed by atoms with E-state index in [9.17, 15) is 8.42 Å². The van der Waals surface area contributed by atoms with Crippen molar-refractivity contribution >= 4 is 20.8 Å². The molecule has 122 valence electrons. The highest BCUT2D eigenvalue weighted by molar-refractivity contribution is 7.89. The van der Waals surface area contributed by atoms with Gasteiger partial charge in [-0.2, -0.15) is 4.31 Å². The molecule has 0 bridgehead atoms. The van der Waals surface area contributed by atoms with Gasteiger partial charge in [0.15, 0.2) is 0 Å². The van der Waals surface area contributed by atoms with Gasteiger partial charge in [-0.05, 0) is 43.9 Å². The van der Waals surface area contributed by atoms with Gasteiger partial charge in [-0.1, -0.05) is 12.1 Å². The first-order chi connectivity index (χ1) is 11.2. The Balaban J connectivity index is 1.69. The summed E-state index contributed by atoms with van der Waals surface area (Å²) >= 11 is 0. The average Bonchev–Trinajstić information content (AvgIpc) is 2.60. The Morgan fingerprint density at radius 3 is 3.04 bits per heavy atom. The fourth-order valence-corrected chi connectivity index (χ4v) is 5.61. The Hall–Kier alpha value is -1.50. The summed E-state index contributed by atoms with van der Waals surface area (Å²) in [6.07, 6.45) is 6.51. The normalized spacial score (nSPS) is 26.1. The van der Waals surface area contributed by atoms with Crippen LogP contribution in [0.5, 0.6) is 0 Å². The fourth-order valence-electron chi connectivity index (χ4n) is 3.89. The lowest BCUT2D eigenvalue weighted by Gasteiger charge is -2.41. The van der Waals surface area contributed by atoms with Crippen LogP contribution in [0.3, 0.4) is 0 Å². The van der Waals surface area contributed by atoms with Crippen molar-refractivity contribution in [3.8, 4) is 0 Å². The number of sulfonamides is 1. The predicted molar refractivity (Wildman–Crippen MR) is 89.6 cm³/mol. The van der Waals surface area contributed by atoms with Gasteiger partial charge in [0, 0.05) is 42.3 Å². The zero-order valence-electron chi connectivity index (χ0n) is 13.0. The van der Waals surface area contributed by atoms with Crippen molar-refractivity contribution < 1.29 is 8.42 Å². The number of nitrogens with zero attached hydrogens (tertiary/aromatic N) is 2. The molecule has 1 aromatic carbocycles. The van der Waals surface area contributed by atoms with E-state index in [1.165, 1.54) is 0 Å². The molecule has 2 atom stereocenters. The van der Waals surface area contributed by atoms with Gasteiger partial charge in [0.25, 0.3) is 0 Å². The molecule has 2 aliphatic rings. The lowest BCUT2D eigenvalue weighted by atomic mass is 9.86. The number of aromatic nitrogens is 1. The van der Waals surface area contributed by atoms with E-state index in [0.29, 0.717) is 29.9 Å². The molecule has 2 unspecified atom stereocenters. The molecule has 0 spiro atoms. The Morgan fingerprint density at radius 2 is 2.13 bits per heavy atom. The standard InChI is InChI=1S/C17H21N3O2S/c21-23(22,17-5-1-3-13-11-18-9-6-15(13)17)20-10-7-16-14(12-20)4-2-8-19-16/h1,3,5-6,9,11,14,16,19H,2,4,7-8,10,12H2. The van der Waals surface area contributed by atoms with Gasteiger partial charge in [0.2, 0.25) is 10.0 Å². The lowest BCUT2D eigenvalue weighted by Crippen LogP contribution is -2.53. The number of piperidine rings is 2. The van der Waals surface area contributed by atoms with E-state index in [2.05, 4.69) is 10.3 Å². The van der Waals surface area contributed by atoms with Crippen molar-refractivity contribution in [1.82, 2.24) is 14.6 Å². The second-order valence-corrected chi connectivity index (χ2v) is 8.37. The van der Waals surface area contributed by atoms with Crippen LogP contribution in [0.15, 0.2) is 41.6 Å². The number of rotatable bonds is 2. The average molecular weight is 331 g/mol. The summed E-state index contributed by atoms with van der Waals surface area (Å²) in [5.74, 6) is 0.434. The molecule has 0 saturated carbocycles. The molecule has 1 N–H and O–H groups in total. The molecule has 2 fully saturated rings. The SMILES string of the molecule is O=S(=O)(c1cccc2cnccc12)N1CCC2NCCCC2C1. The van der Waals surface area contributed by atoms with Crippen LogP contribution in [0.1, 0.15) is 19.3 Å². The second-order valence-electron chi connectivity index (χ2n) is 6.47. The largest absolute Gasteiger partial charge is 0.314 e. The quantitative estimate of drug-likeness (QED) is 0.914. The first-order valence-corrected chi connectivity index (χ1v) is 9.66. The van der Waals surface area contributed by atoms with Crippen LogP contribution in [0.2, 0.25) is 0 Å². The van der Waals surface area contributed by atoms with E-state index in [0.717, 1.165) is 36.6 Å². The van der Waals surface area contributed by atoms with Crippen LogP contribution in [0.4, 0.5) is 0 Å². The summed E-state index contributed by atoms with van der Waals surface area (Å²) in [6, 6.07) is 7.68. The highest BCUT2D eigenvalue weighted by atomic mass is 32.2. The van der Waals surface area contributed by atoms with Crippen molar-refractivity contribution in [1.29, 1.82) is 0 Å². The van der Waals surface area contributed by atoms with E-state index in [-0.39, 0.29) is 0 Å². The lowest BCUT2D eigenvalue weighted by molar-refractivity contribution is 0.171. The molecule has 3 heterocycles.